The van der Waals surface area contributed by atoms with Crippen molar-refractivity contribution in [1.82, 2.24) is 0 Å². The summed E-state index contributed by atoms with van der Waals surface area (Å²) < 4.78 is 158. The third kappa shape index (κ3) is 7.78. The number of alkyl halides is 5. The van der Waals surface area contributed by atoms with Crippen LogP contribution in [0.2, 0.25) is 0 Å². The van der Waals surface area contributed by atoms with Crippen LogP contribution in [-0.4, -0.2) is 13.2 Å². The van der Waals surface area contributed by atoms with E-state index in [1.54, 1.807) is 0 Å². The Morgan fingerprint density at radius 3 is 1.85 bits per heavy atom. The van der Waals surface area contributed by atoms with Gasteiger partial charge in [0.25, 0.3) is 0 Å². The first kappa shape index (κ1) is 35.2. The third-order valence-corrected chi connectivity index (χ3v) is 7.86. The van der Waals surface area contributed by atoms with E-state index in [-0.39, 0.29) is 22.6 Å². The molecule has 0 atom stereocenters. The molecule has 13 heteroatoms. The number of rotatable bonds is 10. The fraction of sp³-hybridized carbons (Fsp3) is 0.314. The lowest BCUT2D eigenvalue weighted by molar-refractivity contribution is -0.206. The molecule has 0 amide bonds. The third-order valence-electron chi connectivity index (χ3n) is 7.86. The molecular weight excluding hydrogens is 658 g/mol. The van der Waals surface area contributed by atoms with Gasteiger partial charge in [-0.05, 0) is 60.0 Å². The van der Waals surface area contributed by atoms with Crippen molar-refractivity contribution in [3.05, 3.63) is 113 Å². The fourth-order valence-electron chi connectivity index (χ4n) is 5.41. The summed E-state index contributed by atoms with van der Waals surface area (Å²) in [5.41, 5.74) is -4.52. The van der Waals surface area contributed by atoms with Gasteiger partial charge in [-0.15, -0.1) is 0 Å². The molecule has 48 heavy (non-hydrogen) atoms. The smallest absolute Gasteiger partial charge is 0.429 e. The zero-order valence-corrected chi connectivity index (χ0v) is 25.3. The van der Waals surface area contributed by atoms with Crippen LogP contribution in [0.15, 0.2) is 66.7 Å². The first-order valence-electron chi connectivity index (χ1n) is 14.9. The monoisotopic (exact) mass is 686 g/mol. The molecule has 0 saturated carbocycles. The van der Waals surface area contributed by atoms with Crippen LogP contribution in [0.25, 0.3) is 22.3 Å². The number of hydrogen-bond acceptors (Lipinski definition) is 3. The quantitative estimate of drug-likeness (QED) is 0.123. The highest BCUT2D eigenvalue weighted by molar-refractivity contribution is 5.72. The van der Waals surface area contributed by atoms with Gasteiger partial charge in [0, 0.05) is 28.7 Å². The average Bonchev–Trinajstić information content (AvgIpc) is 3.00. The Hall–Kier alpha value is -4.10. The zero-order valence-electron chi connectivity index (χ0n) is 25.3. The summed E-state index contributed by atoms with van der Waals surface area (Å²) in [4.78, 5) is 0. The molecule has 4 aromatic rings. The molecule has 0 radical (unpaired) electrons. The van der Waals surface area contributed by atoms with Crippen molar-refractivity contribution in [3.8, 4) is 28.0 Å². The second-order valence-corrected chi connectivity index (χ2v) is 11.4. The summed E-state index contributed by atoms with van der Waals surface area (Å²) in [6.07, 6.45) is -6.39. The van der Waals surface area contributed by atoms with Crippen molar-refractivity contribution < 1.29 is 58.1 Å². The lowest BCUT2D eigenvalue weighted by Gasteiger charge is -2.30. The van der Waals surface area contributed by atoms with Gasteiger partial charge >= 0.3 is 12.3 Å². The van der Waals surface area contributed by atoms with Crippen LogP contribution in [0.4, 0.5) is 43.9 Å². The predicted octanol–water partition coefficient (Wildman–Crippen LogP) is 11.1. The van der Waals surface area contributed by atoms with Crippen molar-refractivity contribution in [2.75, 3.05) is 13.2 Å². The van der Waals surface area contributed by atoms with Gasteiger partial charge < -0.3 is 14.2 Å². The maximum absolute atomic E-state index is 15.0. The van der Waals surface area contributed by atoms with Gasteiger partial charge in [-0.3, -0.25) is 0 Å². The molecule has 5 rings (SSSR count). The Balaban J connectivity index is 1.28. The van der Waals surface area contributed by atoms with E-state index in [0.29, 0.717) is 31.4 Å². The number of ether oxygens (including phenoxy) is 3. The maximum atomic E-state index is 15.0. The molecule has 1 aliphatic rings. The Morgan fingerprint density at radius 2 is 1.27 bits per heavy atom. The molecule has 0 bridgehead atoms. The van der Waals surface area contributed by atoms with Crippen LogP contribution in [0.5, 0.6) is 5.75 Å². The van der Waals surface area contributed by atoms with E-state index in [4.69, 9.17) is 9.47 Å². The molecular formula is C35H28F10O3. The van der Waals surface area contributed by atoms with E-state index in [2.05, 4.69) is 11.7 Å². The molecule has 1 saturated heterocycles. The van der Waals surface area contributed by atoms with Gasteiger partial charge in [-0.1, -0.05) is 44.4 Å². The van der Waals surface area contributed by atoms with Gasteiger partial charge in [0.05, 0.1) is 18.8 Å². The van der Waals surface area contributed by atoms with Crippen LogP contribution < -0.4 is 4.74 Å². The summed E-state index contributed by atoms with van der Waals surface area (Å²) in [7, 11) is 0. The Labute approximate surface area is 269 Å². The number of unbranched alkanes of at least 4 members (excludes halogenated alkanes) is 2. The second kappa shape index (κ2) is 14.2. The molecule has 0 spiro atoms. The molecule has 0 aromatic heterocycles. The number of benzene rings is 4. The summed E-state index contributed by atoms with van der Waals surface area (Å²) in [5.74, 6) is -8.02. The zero-order chi connectivity index (χ0) is 34.8. The lowest BCUT2D eigenvalue weighted by atomic mass is 9.98. The van der Waals surface area contributed by atoms with Crippen LogP contribution in [0.1, 0.15) is 55.6 Å². The molecule has 256 valence electrons. The minimum absolute atomic E-state index is 0.138. The summed E-state index contributed by atoms with van der Waals surface area (Å²) in [6, 6.07) is 8.83. The van der Waals surface area contributed by atoms with E-state index < -0.39 is 75.7 Å². The van der Waals surface area contributed by atoms with Crippen molar-refractivity contribution in [2.24, 2.45) is 5.92 Å². The molecule has 4 aromatic carbocycles. The minimum atomic E-state index is -5.32. The van der Waals surface area contributed by atoms with Gasteiger partial charge in [-0.25, -0.2) is 22.0 Å². The lowest BCUT2D eigenvalue weighted by Crippen LogP contribution is -2.27. The average molecular weight is 687 g/mol. The van der Waals surface area contributed by atoms with E-state index in [1.165, 1.54) is 6.07 Å². The highest BCUT2D eigenvalue weighted by Gasteiger charge is 2.39. The van der Waals surface area contributed by atoms with Crippen molar-refractivity contribution in [2.45, 2.75) is 51.2 Å². The van der Waals surface area contributed by atoms with E-state index in [9.17, 15) is 30.7 Å². The SMILES string of the molecule is CCCCCC1COC(c2ccc(C(F)(F)Oc3ccc(-c4ccc(-c5cc(F)c(C(F)(F)F)c(F)c5)c(F)c4)c(F)c3)c(F)c2)OC1. The normalized spacial score (nSPS) is 17.1. The Morgan fingerprint density at radius 1 is 0.667 bits per heavy atom. The molecule has 0 unspecified atom stereocenters. The topological polar surface area (TPSA) is 27.7 Å². The van der Waals surface area contributed by atoms with Gasteiger partial charge in [0.1, 0.15) is 40.4 Å². The molecule has 0 aliphatic carbocycles. The highest BCUT2D eigenvalue weighted by Crippen LogP contribution is 2.39. The maximum Gasteiger partial charge on any atom is 0.429 e. The Kier molecular flexibility index (Phi) is 10.4. The van der Waals surface area contributed by atoms with Crippen LogP contribution >= 0.6 is 0 Å². The van der Waals surface area contributed by atoms with Crippen molar-refractivity contribution in [3.63, 3.8) is 0 Å². The number of hydrogen-bond donors (Lipinski definition) is 0. The molecule has 1 aliphatic heterocycles. The molecule has 0 N–H and O–H groups in total. The van der Waals surface area contributed by atoms with Gasteiger partial charge in [0.2, 0.25) is 0 Å². The first-order valence-corrected chi connectivity index (χ1v) is 14.9. The van der Waals surface area contributed by atoms with Crippen LogP contribution in [0.3, 0.4) is 0 Å². The van der Waals surface area contributed by atoms with E-state index >= 15 is 13.2 Å². The molecule has 1 heterocycles. The van der Waals surface area contributed by atoms with Gasteiger partial charge in [-0.2, -0.15) is 22.0 Å². The Bertz CT molecular complexity index is 1740. The van der Waals surface area contributed by atoms with E-state index in [1.807, 2.05) is 0 Å². The molecule has 1 fully saturated rings. The number of halogens is 10. The van der Waals surface area contributed by atoms with Crippen molar-refractivity contribution >= 4 is 0 Å². The van der Waals surface area contributed by atoms with Gasteiger partial charge in [0.15, 0.2) is 6.29 Å². The van der Waals surface area contributed by atoms with E-state index in [0.717, 1.165) is 68.1 Å². The second-order valence-electron chi connectivity index (χ2n) is 11.4. The minimum Gasteiger partial charge on any atom is -0.429 e. The largest absolute Gasteiger partial charge is 0.429 e. The van der Waals surface area contributed by atoms with Crippen molar-refractivity contribution in [1.29, 1.82) is 0 Å². The first-order chi connectivity index (χ1) is 22.7. The summed E-state index contributed by atoms with van der Waals surface area (Å²) in [5, 5.41) is 0. The summed E-state index contributed by atoms with van der Waals surface area (Å²) >= 11 is 0. The van der Waals surface area contributed by atoms with Crippen LogP contribution in [0, 0.1) is 35.0 Å². The fourth-order valence-corrected chi connectivity index (χ4v) is 5.41. The molecule has 3 nitrogen and oxygen atoms in total. The standard InChI is InChI=1S/C35H28F10O3/c1-2-3-4-5-19-17-46-33(47-18-19)21-7-11-26(29(38)13-21)35(44,45)48-23-8-10-24(28(37)16-23)20-6-9-25(27(36)12-20)22-14-30(39)32(31(40)15-22)34(41,42)43/h6-16,19,33H,2-5,17-18H2,1H3. The predicted molar refractivity (Wildman–Crippen MR) is 155 cm³/mol. The summed E-state index contributed by atoms with van der Waals surface area (Å²) in [6.45, 7) is 2.86. The highest BCUT2D eigenvalue weighted by atomic mass is 19.4. The van der Waals surface area contributed by atoms with Crippen LogP contribution in [-0.2, 0) is 21.8 Å².